The van der Waals surface area contributed by atoms with Gasteiger partial charge >= 0.3 is 5.97 Å². The molecule has 0 aliphatic rings. The molecule has 5 nitrogen and oxygen atoms in total. The lowest BCUT2D eigenvalue weighted by atomic mass is 9.80. The van der Waals surface area contributed by atoms with Crippen LogP contribution in [0.3, 0.4) is 0 Å². The van der Waals surface area contributed by atoms with Crippen LogP contribution in [0.5, 0.6) is 0 Å². The van der Waals surface area contributed by atoms with Gasteiger partial charge in [-0.1, -0.05) is 27.7 Å². The first kappa shape index (κ1) is 17.9. The summed E-state index contributed by atoms with van der Waals surface area (Å²) in [5.74, 6) is -1.33. The molecule has 0 aliphatic heterocycles. The number of methoxy groups -OCH3 is 1. The fourth-order valence-corrected chi connectivity index (χ4v) is 1.80. The van der Waals surface area contributed by atoms with Crippen LogP contribution in [0.25, 0.3) is 0 Å². The molecule has 0 saturated carbocycles. The minimum atomic E-state index is -0.790. The van der Waals surface area contributed by atoms with E-state index in [1.165, 1.54) is 0 Å². The van der Waals surface area contributed by atoms with Crippen LogP contribution in [-0.4, -0.2) is 38.7 Å². The molecule has 19 heavy (non-hydrogen) atoms. The Balaban J connectivity index is 4.61. The van der Waals surface area contributed by atoms with Crippen LogP contribution in [0.15, 0.2) is 0 Å². The highest BCUT2D eigenvalue weighted by molar-refractivity contribution is 5.98. The molecule has 0 spiro atoms. The maximum absolute atomic E-state index is 12.2. The number of nitrogens with one attached hydrogen (secondary N) is 1. The molecule has 1 amide bonds. The lowest BCUT2D eigenvalue weighted by Crippen LogP contribution is -2.45. The highest BCUT2D eigenvalue weighted by Gasteiger charge is 2.38. The highest BCUT2D eigenvalue weighted by Crippen LogP contribution is 2.27. The van der Waals surface area contributed by atoms with Gasteiger partial charge in [0.2, 0.25) is 5.91 Å². The second kappa shape index (κ2) is 8.15. The number of carbonyl (C=O) groups excluding carboxylic acids is 2. The van der Waals surface area contributed by atoms with Crippen LogP contribution in [0, 0.1) is 17.3 Å². The first-order chi connectivity index (χ1) is 8.73. The number of carbonyl (C=O) groups is 2. The average molecular weight is 273 g/mol. The molecule has 0 fully saturated rings. The van der Waals surface area contributed by atoms with Gasteiger partial charge in [-0.3, -0.25) is 9.59 Å². The van der Waals surface area contributed by atoms with Gasteiger partial charge in [0.25, 0.3) is 0 Å². The minimum Gasteiger partial charge on any atom is -0.465 e. The van der Waals surface area contributed by atoms with Gasteiger partial charge in [0.15, 0.2) is 0 Å². The third kappa shape index (κ3) is 6.57. The van der Waals surface area contributed by atoms with E-state index in [0.29, 0.717) is 13.2 Å². The Hall–Kier alpha value is -1.10. The van der Waals surface area contributed by atoms with E-state index in [-0.39, 0.29) is 18.4 Å². The lowest BCUT2D eigenvalue weighted by Gasteiger charge is -2.28. The molecule has 0 rings (SSSR count). The van der Waals surface area contributed by atoms with E-state index < -0.39 is 17.3 Å². The molecule has 2 atom stereocenters. The number of esters is 1. The molecule has 0 saturated heterocycles. The van der Waals surface area contributed by atoms with Crippen LogP contribution >= 0.6 is 0 Å². The van der Waals surface area contributed by atoms with Crippen LogP contribution in [0.1, 0.15) is 34.6 Å². The maximum atomic E-state index is 12.2. The Bertz CT molecular complexity index is 296. The number of hydrogen-bond donors (Lipinski definition) is 1. The number of hydrogen-bond acceptors (Lipinski definition) is 4. The Morgan fingerprint density at radius 2 is 1.84 bits per heavy atom. The second-order valence-corrected chi connectivity index (χ2v) is 5.86. The predicted molar refractivity (Wildman–Crippen MR) is 73.6 cm³/mol. The Morgan fingerprint density at radius 1 is 1.26 bits per heavy atom. The number of ether oxygens (including phenoxy) is 2. The third-order valence-electron chi connectivity index (χ3n) is 2.73. The van der Waals surface area contributed by atoms with Crippen LogP contribution < -0.4 is 5.32 Å². The van der Waals surface area contributed by atoms with E-state index in [1.807, 2.05) is 27.7 Å². The molecule has 1 N–H and O–H groups in total. The number of amides is 1. The van der Waals surface area contributed by atoms with Crippen LogP contribution in [0.4, 0.5) is 0 Å². The molecule has 0 aliphatic carbocycles. The van der Waals surface area contributed by atoms with Gasteiger partial charge in [-0.15, -0.1) is 0 Å². The molecule has 0 aromatic carbocycles. The zero-order valence-corrected chi connectivity index (χ0v) is 12.9. The van der Waals surface area contributed by atoms with Crippen molar-refractivity contribution in [1.82, 2.24) is 5.32 Å². The predicted octanol–water partition coefficient (Wildman–Crippen LogP) is 1.61. The van der Waals surface area contributed by atoms with Crippen molar-refractivity contribution in [2.75, 3.05) is 26.9 Å². The second-order valence-electron chi connectivity index (χ2n) is 5.86. The third-order valence-corrected chi connectivity index (χ3v) is 2.73. The number of rotatable bonds is 7. The first-order valence-electron chi connectivity index (χ1n) is 6.67. The summed E-state index contributed by atoms with van der Waals surface area (Å²) in [5, 5.41) is 2.79. The molecule has 0 bridgehead atoms. The lowest BCUT2D eigenvalue weighted by molar-refractivity contribution is -0.156. The molecule has 0 aromatic heterocycles. The largest absolute Gasteiger partial charge is 0.465 e. The van der Waals surface area contributed by atoms with Crippen molar-refractivity contribution in [3.05, 3.63) is 0 Å². The summed E-state index contributed by atoms with van der Waals surface area (Å²) >= 11 is 0. The first-order valence-corrected chi connectivity index (χ1v) is 6.67. The van der Waals surface area contributed by atoms with Crippen LogP contribution in [-0.2, 0) is 19.1 Å². The maximum Gasteiger partial charge on any atom is 0.319 e. The smallest absolute Gasteiger partial charge is 0.319 e. The van der Waals surface area contributed by atoms with Crippen molar-refractivity contribution in [1.29, 1.82) is 0 Å². The summed E-state index contributed by atoms with van der Waals surface area (Å²) in [6.07, 6.45) is 0. The van der Waals surface area contributed by atoms with E-state index in [9.17, 15) is 9.59 Å². The van der Waals surface area contributed by atoms with E-state index in [0.717, 1.165) is 0 Å². The fraction of sp³-hybridized carbons (Fsp3) is 0.857. The van der Waals surface area contributed by atoms with Crippen LogP contribution in [0.2, 0.25) is 0 Å². The molecule has 0 radical (unpaired) electrons. The zero-order valence-electron chi connectivity index (χ0n) is 12.9. The zero-order chi connectivity index (χ0) is 15.1. The molecular formula is C14H27NO4. The minimum absolute atomic E-state index is 0.205. The quantitative estimate of drug-likeness (QED) is 0.565. The van der Waals surface area contributed by atoms with E-state index in [2.05, 4.69) is 5.32 Å². The van der Waals surface area contributed by atoms with Gasteiger partial charge < -0.3 is 14.8 Å². The van der Waals surface area contributed by atoms with Gasteiger partial charge in [-0.25, -0.2) is 0 Å². The van der Waals surface area contributed by atoms with Gasteiger partial charge in [0.05, 0.1) is 13.2 Å². The monoisotopic (exact) mass is 273 g/mol. The summed E-state index contributed by atoms with van der Waals surface area (Å²) in [7, 11) is 1.62. The summed E-state index contributed by atoms with van der Waals surface area (Å²) in [4.78, 5) is 24.1. The van der Waals surface area contributed by atoms with Crippen molar-refractivity contribution in [3.63, 3.8) is 0 Å². The summed E-state index contributed by atoms with van der Waals surface area (Å²) < 4.78 is 9.99. The Kier molecular flexibility index (Phi) is 7.68. The molecule has 5 heteroatoms. The topological polar surface area (TPSA) is 64.6 Å². The highest BCUT2D eigenvalue weighted by atomic mass is 16.5. The average Bonchev–Trinajstić information content (AvgIpc) is 2.25. The van der Waals surface area contributed by atoms with E-state index in [1.54, 1.807) is 14.0 Å². The van der Waals surface area contributed by atoms with Crippen molar-refractivity contribution in [3.8, 4) is 0 Å². The summed E-state index contributed by atoms with van der Waals surface area (Å²) in [6.45, 7) is 10.6. The van der Waals surface area contributed by atoms with E-state index in [4.69, 9.17) is 9.47 Å². The van der Waals surface area contributed by atoms with Gasteiger partial charge in [0.1, 0.15) is 5.92 Å². The van der Waals surface area contributed by atoms with E-state index >= 15 is 0 Å². The Morgan fingerprint density at radius 3 is 2.26 bits per heavy atom. The fourth-order valence-electron chi connectivity index (χ4n) is 1.80. The summed E-state index contributed by atoms with van der Waals surface area (Å²) in [5.41, 5.74) is -0.471. The molecular weight excluding hydrogens is 246 g/mol. The summed E-state index contributed by atoms with van der Waals surface area (Å²) in [6, 6.07) is 0. The Labute approximate surface area is 116 Å². The SMILES string of the molecule is CCOC(=O)C(C(=O)NCC(C)COC)C(C)(C)C. The molecule has 112 valence electrons. The van der Waals surface area contributed by atoms with Crippen molar-refractivity contribution in [2.24, 2.45) is 17.3 Å². The van der Waals surface area contributed by atoms with Crippen molar-refractivity contribution < 1.29 is 19.1 Å². The van der Waals surface area contributed by atoms with Gasteiger partial charge in [-0.05, 0) is 18.3 Å². The standard InChI is InChI=1S/C14H27NO4/c1-7-19-13(17)11(14(3,4)5)12(16)15-8-10(2)9-18-6/h10-11H,7-9H2,1-6H3,(H,15,16). The normalized spacial score (nSPS) is 14.6. The van der Waals surface area contributed by atoms with Crippen molar-refractivity contribution in [2.45, 2.75) is 34.6 Å². The van der Waals surface area contributed by atoms with Crippen molar-refractivity contribution >= 4 is 11.9 Å². The van der Waals surface area contributed by atoms with Gasteiger partial charge in [-0.2, -0.15) is 0 Å². The van der Waals surface area contributed by atoms with Gasteiger partial charge in [0, 0.05) is 13.7 Å². The molecule has 0 heterocycles. The molecule has 2 unspecified atom stereocenters. The molecule has 0 aromatic rings.